The fourth-order valence-corrected chi connectivity index (χ4v) is 2.55. The first-order valence-corrected chi connectivity index (χ1v) is 7.20. The van der Waals surface area contributed by atoms with Crippen LogP contribution in [-0.2, 0) is 4.79 Å². The zero-order valence-corrected chi connectivity index (χ0v) is 12.5. The summed E-state index contributed by atoms with van der Waals surface area (Å²) >= 11 is 0. The zero-order valence-electron chi connectivity index (χ0n) is 12.5. The Bertz CT molecular complexity index is 481. The van der Waals surface area contributed by atoms with Gasteiger partial charge in [-0.15, -0.1) is 0 Å². The van der Waals surface area contributed by atoms with Gasteiger partial charge in [-0.3, -0.25) is 9.69 Å². The van der Waals surface area contributed by atoms with Crippen molar-refractivity contribution in [3.63, 3.8) is 0 Å². The molecule has 0 aromatic heterocycles. The lowest BCUT2D eigenvalue weighted by Crippen LogP contribution is -2.49. The van der Waals surface area contributed by atoms with Gasteiger partial charge in [-0.05, 0) is 26.1 Å². The van der Waals surface area contributed by atoms with Crippen LogP contribution in [0.15, 0.2) is 18.2 Å². The van der Waals surface area contributed by atoms with Crippen LogP contribution in [0, 0.1) is 0 Å². The van der Waals surface area contributed by atoms with E-state index in [1.165, 1.54) is 12.1 Å². The van der Waals surface area contributed by atoms with Crippen LogP contribution in [0.25, 0.3) is 0 Å². The molecule has 1 atom stereocenters. The summed E-state index contributed by atoms with van der Waals surface area (Å²) < 4.78 is 0. The maximum Gasteiger partial charge on any atom is 0.236 e. The van der Waals surface area contributed by atoms with Crippen LogP contribution in [0.5, 0.6) is 11.5 Å². The Morgan fingerprint density at radius 3 is 2.48 bits per heavy atom. The van der Waals surface area contributed by atoms with E-state index in [4.69, 9.17) is 0 Å². The molecule has 21 heavy (non-hydrogen) atoms. The van der Waals surface area contributed by atoms with Gasteiger partial charge in [-0.2, -0.15) is 0 Å². The number of hydrogen-bond donors (Lipinski definition) is 3. The van der Waals surface area contributed by atoms with Gasteiger partial charge in [0.2, 0.25) is 5.91 Å². The molecule has 1 heterocycles. The van der Waals surface area contributed by atoms with Gasteiger partial charge in [0.05, 0.1) is 12.1 Å². The van der Waals surface area contributed by atoms with Gasteiger partial charge >= 0.3 is 0 Å². The molecule has 3 N–H and O–H groups in total. The Labute approximate surface area is 125 Å². The summed E-state index contributed by atoms with van der Waals surface area (Å²) in [4.78, 5) is 15.9. The minimum atomic E-state index is -0.252. The molecule has 6 heteroatoms. The minimum absolute atomic E-state index is 0.0453. The molecule has 1 amide bonds. The van der Waals surface area contributed by atoms with Crippen LogP contribution in [0.4, 0.5) is 0 Å². The largest absolute Gasteiger partial charge is 0.507 e. The van der Waals surface area contributed by atoms with E-state index in [0.29, 0.717) is 5.56 Å². The lowest BCUT2D eigenvalue weighted by Gasteiger charge is -2.31. The molecule has 1 saturated heterocycles. The SMILES string of the molecule is CC(c1c(O)cccc1O)N(C)CC(=O)N1CCNCC1. The number of likely N-dealkylation sites (N-methyl/N-ethyl adjacent to an activating group) is 1. The van der Waals surface area contributed by atoms with E-state index in [0.717, 1.165) is 26.2 Å². The Balaban J connectivity index is 2.02. The maximum absolute atomic E-state index is 12.2. The Morgan fingerprint density at radius 2 is 1.90 bits per heavy atom. The molecule has 116 valence electrons. The van der Waals surface area contributed by atoms with Gasteiger partial charge in [-0.1, -0.05) is 6.07 Å². The van der Waals surface area contributed by atoms with Crippen LogP contribution >= 0.6 is 0 Å². The van der Waals surface area contributed by atoms with Crippen molar-refractivity contribution in [2.45, 2.75) is 13.0 Å². The van der Waals surface area contributed by atoms with E-state index < -0.39 is 0 Å². The van der Waals surface area contributed by atoms with Crippen molar-refractivity contribution in [2.24, 2.45) is 0 Å². The lowest BCUT2D eigenvalue weighted by molar-refractivity contribution is -0.133. The Hall–Kier alpha value is -1.79. The molecule has 1 fully saturated rings. The van der Waals surface area contributed by atoms with E-state index in [1.807, 2.05) is 23.8 Å². The monoisotopic (exact) mass is 293 g/mol. The van der Waals surface area contributed by atoms with E-state index in [1.54, 1.807) is 6.07 Å². The standard InChI is InChI=1S/C15H23N3O3/c1-11(15-12(19)4-3-5-13(15)20)17(2)10-14(21)18-8-6-16-7-9-18/h3-5,11,16,19-20H,6-10H2,1-2H3. The van der Waals surface area contributed by atoms with Gasteiger partial charge in [0.15, 0.2) is 0 Å². The van der Waals surface area contributed by atoms with Crippen molar-refractivity contribution >= 4 is 5.91 Å². The molecule has 0 spiro atoms. The maximum atomic E-state index is 12.2. The first-order valence-electron chi connectivity index (χ1n) is 7.20. The molecule has 1 aromatic carbocycles. The number of nitrogens with one attached hydrogen (secondary N) is 1. The summed E-state index contributed by atoms with van der Waals surface area (Å²) in [6, 6.07) is 4.42. The fourth-order valence-electron chi connectivity index (χ4n) is 2.55. The number of carbonyl (C=O) groups is 1. The second-order valence-corrected chi connectivity index (χ2v) is 5.43. The third-order valence-electron chi connectivity index (χ3n) is 3.99. The molecule has 0 saturated carbocycles. The van der Waals surface area contributed by atoms with Gasteiger partial charge in [0.25, 0.3) is 0 Å². The van der Waals surface area contributed by atoms with E-state index in [2.05, 4.69) is 5.32 Å². The first-order chi connectivity index (χ1) is 10.0. The number of benzene rings is 1. The highest BCUT2D eigenvalue weighted by Crippen LogP contribution is 2.34. The van der Waals surface area contributed by atoms with E-state index >= 15 is 0 Å². The number of phenols is 2. The first kappa shape index (κ1) is 15.6. The highest BCUT2D eigenvalue weighted by Gasteiger charge is 2.23. The van der Waals surface area contributed by atoms with Gasteiger partial charge in [-0.25, -0.2) is 0 Å². The summed E-state index contributed by atoms with van der Waals surface area (Å²) in [5, 5.41) is 23.0. The molecule has 1 unspecified atom stereocenters. The molecule has 1 aliphatic heterocycles. The Morgan fingerprint density at radius 1 is 1.33 bits per heavy atom. The number of carbonyl (C=O) groups excluding carboxylic acids is 1. The van der Waals surface area contributed by atoms with Crippen molar-refractivity contribution in [1.82, 2.24) is 15.1 Å². The number of hydrogen-bond acceptors (Lipinski definition) is 5. The number of amides is 1. The smallest absolute Gasteiger partial charge is 0.236 e. The second-order valence-electron chi connectivity index (χ2n) is 5.43. The van der Waals surface area contributed by atoms with Crippen LogP contribution < -0.4 is 5.32 Å². The van der Waals surface area contributed by atoms with E-state index in [9.17, 15) is 15.0 Å². The summed E-state index contributed by atoms with van der Waals surface area (Å²) in [6.07, 6.45) is 0. The van der Waals surface area contributed by atoms with E-state index in [-0.39, 0.29) is 30.0 Å². The van der Waals surface area contributed by atoms with Gasteiger partial charge in [0.1, 0.15) is 11.5 Å². The molecule has 2 rings (SSSR count). The molecule has 6 nitrogen and oxygen atoms in total. The van der Waals surface area contributed by atoms with Crippen molar-refractivity contribution < 1.29 is 15.0 Å². The number of aromatic hydroxyl groups is 2. The van der Waals surface area contributed by atoms with Gasteiger partial charge < -0.3 is 20.4 Å². The molecule has 1 aromatic rings. The van der Waals surface area contributed by atoms with Crippen molar-refractivity contribution in [3.8, 4) is 11.5 Å². The predicted octanol–water partition coefficient (Wildman–Crippen LogP) is 0.522. The molecule has 0 aliphatic carbocycles. The summed E-state index contributed by atoms with van der Waals surface area (Å²) in [6.45, 7) is 5.22. The molecule has 1 aliphatic rings. The number of nitrogens with zero attached hydrogens (tertiary/aromatic N) is 2. The summed E-state index contributed by atoms with van der Waals surface area (Å²) in [5.74, 6) is 0.161. The third-order valence-corrected chi connectivity index (χ3v) is 3.99. The summed E-state index contributed by atoms with van der Waals surface area (Å²) in [5.41, 5.74) is 0.452. The number of rotatable bonds is 4. The molecular formula is C15H23N3O3. The van der Waals surface area contributed by atoms with Gasteiger partial charge in [0, 0.05) is 32.2 Å². The summed E-state index contributed by atoms with van der Waals surface area (Å²) in [7, 11) is 1.82. The lowest BCUT2D eigenvalue weighted by atomic mass is 10.0. The highest BCUT2D eigenvalue weighted by atomic mass is 16.3. The predicted molar refractivity (Wildman–Crippen MR) is 80.3 cm³/mol. The molecule has 0 bridgehead atoms. The average Bonchev–Trinajstić information content (AvgIpc) is 2.47. The fraction of sp³-hybridized carbons (Fsp3) is 0.533. The van der Waals surface area contributed by atoms with Crippen LogP contribution in [0.1, 0.15) is 18.5 Å². The van der Waals surface area contributed by atoms with Crippen molar-refractivity contribution in [1.29, 1.82) is 0 Å². The molecular weight excluding hydrogens is 270 g/mol. The van der Waals surface area contributed by atoms with Crippen molar-refractivity contribution in [2.75, 3.05) is 39.8 Å². The zero-order chi connectivity index (χ0) is 15.4. The number of phenolic OH excluding ortho intramolecular Hbond substituents is 2. The number of piperazine rings is 1. The molecule has 0 radical (unpaired) electrons. The topological polar surface area (TPSA) is 76.0 Å². The minimum Gasteiger partial charge on any atom is -0.507 e. The normalized spacial score (nSPS) is 17.0. The van der Waals surface area contributed by atoms with Crippen LogP contribution in [0.3, 0.4) is 0 Å². The average molecular weight is 293 g/mol. The second kappa shape index (κ2) is 6.78. The van der Waals surface area contributed by atoms with Crippen LogP contribution in [0.2, 0.25) is 0 Å². The Kier molecular flexibility index (Phi) is 5.03. The third kappa shape index (κ3) is 3.65. The van der Waals surface area contributed by atoms with Crippen molar-refractivity contribution in [3.05, 3.63) is 23.8 Å². The highest BCUT2D eigenvalue weighted by molar-refractivity contribution is 5.78. The quantitative estimate of drug-likeness (QED) is 0.755. The van der Waals surface area contributed by atoms with Crippen LogP contribution in [-0.4, -0.2) is 65.7 Å².